The topological polar surface area (TPSA) is 65.8 Å². The molecule has 1 saturated carbocycles. The third kappa shape index (κ3) is 3.93. The van der Waals surface area contributed by atoms with Crippen LogP contribution in [0.25, 0.3) is 0 Å². The number of hydrogen-bond acceptors (Lipinski definition) is 5. The summed E-state index contributed by atoms with van der Waals surface area (Å²) in [6.45, 7) is 3.81. The van der Waals surface area contributed by atoms with Gasteiger partial charge in [0.1, 0.15) is 11.4 Å². The van der Waals surface area contributed by atoms with Crippen LogP contribution < -0.4 is 5.32 Å². The lowest BCUT2D eigenvalue weighted by molar-refractivity contribution is -0.140. The number of nitrogens with zero attached hydrogens (tertiary/aromatic N) is 2. The molecule has 2 amide bonds. The van der Waals surface area contributed by atoms with E-state index in [0.717, 1.165) is 38.0 Å². The van der Waals surface area contributed by atoms with Crippen LogP contribution in [-0.4, -0.2) is 59.6 Å². The zero-order valence-electron chi connectivity index (χ0n) is 15.1. The summed E-state index contributed by atoms with van der Waals surface area (Å²) in [5, 5.41) is 2.96. The van der Waals surface area contributed by atoms with Gasteiger partial charge < -0.3 is 19.5 Å². The highest BCUT2D eigenvalue weighted by atomic mass is 32.2. The molecular weight excluding hydrogens is 350 g/mol. The second-order valence-corrected chi connectivity index (χ2v) is 8.58. The molecule has 26 heavy (non-hydrogen) atoms. The molecule has 1 N–H and O–H groups in total. The second kappa shape index (κ2) is 8.05. The Labute approximate surface area is 158 Å². The van der Waals surface area contributed by atoms with Crippen molar-refractivity contribution in [2.24, 2.45) is 5.92 Å². The van der Waals surface area contributed by atoms with E-state index < -0.39 is 0 Å². The number of carbonyl (C=O) groups excluding carboxylic acids is 2. The maximum Gasteiger partial charge on any atom is 0.243 e. The van der Waals surface area contributed by atoms with Crippen LogP contribution in [0, 0.1) is 5.92 Å². The molecule has 3 aliphatic rings. The zero-order chi connectivity index (χ0) is 17.9. The Morgan fingerprint density at radius 3 is 2.73 bits per heavy atom. The maximum absolute atomic E-state index is 12.8. The van der Waals surface area contributed by atoms with Crippen molar-refractivity contribution >= 4 is 23.6 Å². The Morgan fingerprint density at radius 2 is 2.04 bits per heavy atom. The van der Waals surface area contributed by atoms with Crippen molar-refractivity contribution in [2.45, 2.75) is 43.5 Å². The summed E-state index contributed by atoms with van der Waals surface area (Å²) in [6, 6.07) is 1.51. The normalized spacial score (nSPS) is 26.8. The number of furan rings is 1. The van der Waals surface area contributed by atoms with Crippen LogP contribution in [0.2, 0.25) is 0 Å². The van der Waals surface area contributed by atoms with Crippen molar-refractivity contribution in [3.63, 3.8) is 0 Å². The SMILES string of the molecule is O=C(NCCN1CCCCC1)C1CSC(c2ccoc2)N1C(=O)C1CC1. The number of thioether (sulfide) groups is 1. The van der Waals surface area contributed by atoms with Gasteiger partial charge in [0, 0.05) is 30.3 Å². The summed E-state index contributed by atoms with van der Waals surface area (Å²) in [6.07, 6.45) is 9.02. The van der Waals surface area contributed by atoms with E-state index >= 15 is 0 Å². The fourth-order valence-electron chi connectivity index (χ4n) is 3.83. The Balaban J connectivity index is 1.37. The minimum atomic E-state index is -0.380. The third-order valence-corrected chi connectivity index (χ3v) is 6.81. The van der Waals surface area contributed by atoms with Gasteiger partial charge in [0.15, 0.2) is 0 Å². The first-order valence-corrected chi connectivity index (χ1v) is 10.7. The molecule has 2 aliphatic heterocycles. The number of amides is 2. The van der Waals surface area contributed by atoms with E-state index in [1.807, 2.05) is 11.0 Å². The average molecular weight is 378 g/mol. The molecule has 1 aromatic rings. The van der Waals surface area contributed by atoms with Crippen molar-refractivity contribution in [2.75, 3.05) is 31.9 Å². The third-order valence-electron chi connectivity index (χ3n) is 5.49. The molecule has 142 valence electrons. The smallest absolute Gasteiger partial charge is 0.243 e. The summed E-state index contributed by atoms with van der Waals surface area (Å²) in [4.78, 5) is 29.9. The summed E-state index contributed by atoms with van der Waals surface area (Å²) in [7, 11) is 0. The van der Waals surface area contributed by atoms with E-state index in [4.69, 9.17) is 4.42 Å². The first-order valence-electron chi connectivity index (χ1n) is 9.70. The van der Waals surface area contributed by atoms with Crippen molar-refractivity contribution in [3.05, 3.63) is 24.2 Å². The predicted molar refractivity (Wildman–Crippen MR) is 101 cm³/mol. The highest BCUT2D eigenvalue weighted by Gasteiger charge is 2.46. The van der Waals surface area contributed by atoms with Crippen molar-refractivity contribution in [1.82, 2.24) is 15.1 Å². The lowest BCUT2D eigenvalue weighted by Gasteiger charge is -2.29. The van der Waals surface area contributed by atoms with E-state index in [2.05, 4.69) is 10.2 Å². The highest BCUT2D eigenvalue weighted by molar-refractivity contribution is 7.99. The number of nitrogens with one attached hydrogen (secondary N) is 1. The Kier molecular flexibility index (Phi) is 5.55. The molecule has 7 heteroatoms. The molecule has 0 radical (unpaired) electrons. The number of piperidine rings is 1. The van der Waals surface area contributed by atoms with Gasteiger partial charge in [-0.15, -0.1) is 11.8 Å². The molecule has 1 aliphatic carbocycles. The van der Waals surface area contributed by atoms with Gasteiger partial charge in [-0.1, -0.05) is 6.42 Å². The first-order chi connectivity index (χ1) is 12.7. The van der Waals surface area contributed by atoms with Gasteiger partial charge in [0.25, 0.3) is 0 Å². The van der Waals surface area contributed by atoms with E-state index in [1.165, 1.54) is 19.3 Å². The van der Waals surface area contributed by atoms with E-state index in [-0.39, 0.29) is 29.1 Å². The summed E-state index contributed by atoms with van der Waals surface area (Å²) in [5.41, 5.74) is 0.965. The largest absolute Gasteiger partial charge is 0.472 e. The Morgan fingerprint density at radius 1 is 1.23 bits per heavy atom. The molecular formula is C19H27N3O3S. The van der Waals surface area contributed by atoms with Gasteiger partial charge >= 0.3 is 0 Å². The molecule has 2 saturated heterocycles. The standard InChI is InChI=1S/C19H27N3O3S/c23-17(20-7-10-21-8-2-1-3-9-21)16-13-26-19(15-6-11-25-12-15)22(16)18(24)14-4-5-14/h6,11-12,14,16,19H,1-5,7-10,13H2,(H,20,23). The first kappa shape index (κ1) is 17.9. The molecule has 4 rings (SSSR count). The van der Waals surface area contributed by atoms with Crippen LogP contribution >= 0.6 is 11.8 Å². The van der Waals surface area contributed by atoms with Crippen LogP contribution in [0.5, 0.6) is 0 Å². The zero-order valence-corrected chi connectivity index (χ0v) is 15.9. The monoisotopic (exact) mass is 377 g/mol. The fourth-order valence-corrected chi connectivity index (χ4v) is 5.24. The van der Waals surface area contributed by atoms with Crippen LogP contribution in [0.3, 0.4) is 0 Å². The lowest BCUT2D eigenvalue weighted by Crippen LogP contribution is -2.49. The predicted octanol–water partition coefficient (Wildman–Crippen LogP) is 2.23. The summed E-state index contributed by atoms with van der Waals surface area (Å²) >= 11 is 1.65. The van der Waals surface area contributed by atoms with Crippen LogP contribution in [0.15, 0.2) is 23.0 Å². The van der Waals surface area contributed by atoms with Gasteiger partial charge in [-0.3, -0.25) is 9.59 Å². The number of likely N-dealkylation sites (tertiary alicyclic amines) is 1. The summed E-state index contributed by atoms with van der Waals surface area (Å²) < 4.78 is 5.20. The van der Waals surface area contributed by atoms with E-state index in [9.17, 15) is 9.59 Å². The van der Waals surface area contributed by atoms with Crippen molar-refractivity contribution in [3.8, 4) is 0 Å². The van der Waals surface area contributed by atoms with Crippen LogP contribution in [0.4, 0.5) is 0 Å². The second-order valence-electron chi connectivity index (χ2n) is 7.47. The molecule has 6 nitrogen and oxygen atoms in total. The minimum Gasteiger partial charge on any atom is -0.472 e. The minimum absolute atomic E-state index is 0.0190. The van der Waals surface area contributed by atoms with Gasteiger partial charge in [0.05, 0.1) is 12.5 Å². The van der Waals surface area contributed by atoms with Gasteiger partial charge in [-0.2, -0.15) is 0 Å². The maximum atomic E-state index is 12.8. The molecule has 1 aromatic heterocycles. The molecule has 2 unspecified atom stereocenters. The van der Waals surface area contributed by atoms with Gasteiger partial charge in [-0.05, 0) is 44.8 Å². The van der Waals surface area contributed by atoms with Crippen LogP contribution in [-0.2, 0) is 9.59 Å². The summed E-state index contributed by atoms with van der Waals surface area (Å²) in [5.74, 6) is 0.850. The quantitative estimate of drug-likeness (QED) is 0.824. The van der Waals surface area contributed by atoms with Crippen LogP contribution in [0.1, 0.15) is 43.0 Å². The lowest BCUT2D eigenvalue weighted by atomic mass is 10.1. The number of rotatable bonds is 6. The van der Waals surface area contributed by atoms with Gasteiger partial charge in [-0.25, -0.2) is 0 Å². The van der Waals surface area contributed by atoms with Crippen molar-refractivity contribution < 1.29 is 14.0 Å². The van der Waals surface area contributed by atoms with E-state index in [1.54, 1.807) is 24.3 Å². The number of hydrogen-bond donors (Lipinski definition) is 1. The molecule has 0 spiro atoms. The fraction of sp³-hybridized carbons (Fsp3) is 0.684. The Bertz CT molecular complexity index is 626. The molecule has 0 bridgehead atoms. The Hall–Kier alpha value is -1.47. The van der Waals surface area contributed by atoms with Gasteiger partial charge in [0.2, 0.25) is 11.8 Å². The molecule has 3 heterocycles. The molecule has 0 aromatic carbocycles. The molecule has 2 atom stereocenters. The highest BCUT2D eigenvalue weighted by Crippen LogP contribution is 2.45. The molecule has 3 fully saturated rings. The van der Waals surface area contributed by atoms with E-state index in [0.29, 0.717) is 12.3 Å². The van der Waals surface area contributed by atoms with Crippen molar-refractivity contribution in [1.29, 1.82) is 0 Å². The average Bonchev–Trinajstić information content (AvgIpc) is 3.19. The number of carbonyl (C=O) groups is 2.